The summed E-state index contributed by atoms with van der Waals surface area (Å²) < 4.78 is 42.8. The minimum atomic E-state index is -4.00. The highest BCUT2D eigenvalue weighted by molar-refractivity contribution is 7.92. The van der Waals surface area contributed by atoms with Crippen LogP contribution in [0.25, 0.3) is 0 Å². The Morgan fingerprint density at radius 3 is 2.08 bits per heavy atom. The summed E-state index contributed by atoms with van der Waals surface area (Å²) in [7, 11) is 0.174. The van der Waals surface area contributed by atoms with Crippen LogP contribution in [0.3, 0.4) is 0 Å². The standard InChI is InChI=1S/C16H17NO7S/c1-22-13-6-4-10(16(18)19)8-12(13)17-25(20,21)11-5-7-14(23-2)15(9-11)24-3/h4-9,17H,1-3H3,(H,18,19). The topological polar surface area (TPSA) is 111 Å². The lowest BCUT2D eigenvalue weighted by molar-refractivity contribution is 0.0697. The molecule has 0 spiro atoms. The lowest BCUT2D eigenvalue weighted by atomic mass is 10.2. The van der Waals surface area contributed by atoms with E-state index in [0.29, 0.717) is 5.75 Å². The molecule has 0 aliphatic carbocycles. The van der Waals surface area contributed by atoms with Crippen LogP contribution in [-0.4, -0.2) is 40.8 Å². The summed E-state index contributed by atoms with van der Waals surface area (Å²) in [6, 6.07) is 7.97. The molecule has 0 amide bonds. The van der Waals surface area contributed by atoms with E-state index in [2.05, 4.69) is 4.72 Å². The molecular formula is C16H17NO7S. The maximum Gasteiger partial charge on any atom is 0.335 e. The van der Waals surface area contributed by atoms with Crippen molar-refractivity contribution in [2.24, 2.45) is 0 Å². The van der Waals surface area contributed by atoms with Gasteiger partial charge in [-0.05, 0) is 30.3 Å². The number of benzene rings is 2. The van der Waals surface area contributed by atoms with Crippen LogP contribution in [0.1, 0.15) is 10.4 Å². The molecule has 0 saturated carbocycles. The van der Waals surface area contributed by atoms with Gasteiger partial charge in [0.05, 0.1) is 37.5 Å². The average molecular weight is 367 g/mol. The van der Waals surface area contributed by atoms with Gasteiger partial charge in [-0.15, -0.1) is 0 Å². The molecule has 0 fully saturated rings. The van der Waals surface area contributed by atoms with E-state index in [1.165, 1.54) is 57.7 Å². The molecule has 2 aromatic rings. The average Bonchev–Trinajstić information content (AvgIpc) is 2.60. The minimum absolute atomic E-state index is 0.0113. The van der Waals surface area contributed by atoms with Gasteiger partial charge in [0, 0.05) is 6.07 Å². The first-order valence-electron chi connectivity index (χ1n) is 6.98. The quantitative estimate of drug-likeness (QED) is 0.772. The van der Waals surface area contributed by atoms with Crippen molar-refractivity contribution in [3.8, 4) is 17.2 Å². The zero-order chi connectivity index (χ0) is 18.6. The van der Waals surface area contributed by atoms with Gasteiger partial charge in [-0.1, -0.05) is 0 Å². The number of anilines is 1. The SMILES string of the molecule is COc1ccc(C(=O)O)cc1NS(=O)(=O)c1ccc(OC)c(OC)c1. The second-order valence-electron chi connectivity index (χ2n) is 4.84. The predicted molar refractivity (Wildman–Crippen MR) is 90.3 cm³/mol. The number of carboxylic acids is 1. The van der Waals surface area contributed by atoms with Gasteiger partial charge < -0.3 is 19.3 Å². The lowest BCUT2D eigenvalue weighted by Gasteiger charge is -2.14. The van der Waals surface area contributed by atoms with Crippen molar-refractivity contribution < 1.29 is 32.5 Å². The van der Waals surface area contributed by atoms with Gasteiger partial charge in [-0.3, -0.25) is 4.72 Å². The second kappa shape index (κ2) is 7.31. The van der Waals surface area contributed by atoms with Gasteiger partial charge in [0.15, 0.2) is 11.5 Å². The maximum absolute atomic E-state index is 12.6. The van der Waals surface area contributed by atoms with Gasteiger partial charge in [0.2, 0.25) is 0 Å². The fourth-order valence-electron chi connectivity index (χ4n) is 2.11. The van der Waals surface area contributed by atoms with Gasteiger partial charge in [0.1, 0.15) is 5.75 Å². The molecule has 9 heteroatoms. The zero-order valence-electron chi connectivity index (χ0n) is 13.8. The molecule has 2 aromatic carbocycles. The number of methoxy groups -OCH3 is 3. The van der Waals surface area contributed by atoms with Crippen molar-refractivity contribution >= 4 is 21.7 Å². The molecule has 0 radical (unpaired) electrons. The molecule has 0 saturated heterocycles. The Bertz CT molecular complexity index is 893. The third kappa shape index (κ3) is 3.94. The monoisotopic (exact) mass is 367 g/mol. The van der Waals surface area contributed by atoms with E-state index in [4.69, 9.17) is 19.3 Å². The summed E-state index contributed by atoms with van der Waals surface area (Å²) in [6.45, 7) is 0. The van der Waals surface area contributed by atoms with Gasteiger partial charge in [-0.2, -0.15) is 0 Å². The molecular weight excluding hydrogens is 350 g/mol. The van der Waals surface area contributed by atoms with Crippen LogP contribution < -0.4 is 18.9 Å². The van der Waals surface area contributed by atoms with Crippen molar-refractivity contribution in [2.75, 3.05) is 26.1 Å². The number of rotatable bonds is 7. The molecule has 0 heterocycles. The highest BCUT2D eigenvalue weighted by Gasteiger charge is 2.20. The molecule has 25 heavy (non-hydrogen) atoms. The molecule has 0 unspecified atom stereocenters. The minimum Gasteiger partial charge on any atom is -0.495 e. The Hall–Kier alpha value is -2.94. The zero-order valence-corrected chi connectivity index (χ0v) is 14.6. The van der Waals surface area contributed by atoms with E-state index >= 15 is 0 Å². The van der Waals surface area contributed by atoms with E-state index in [9.17, 15) is 13.2 Å². The summed E-state index contributed by atoms with van der Waals surface area (Å²) in [5, 5.41) is 9.07. The molecule has 0 aliphatic rings. The number of hydrogen-bond donors (Lipinski definition) is 2. The molecule has 134 valence electrons. The Morgan fingerprint density at radius 2 is 1.52 bits per heavy atom. The summed E-state index contributed by atoms with van der Waals surface area (Å²) >= 11 is 0. The number of sulfonamides is 1. The third-order valence-corrected chi connectivity index (χ3v) is 4.72. The maximum atomic E-state index is 12.6. The number of carboxylic acid groups (broad SMARTS) is 1. The van der Waals surface area contributed by atoms with Crippen LogP contribution in [0.4, 0.5) is 5.69 Å². The first-order chi connectivity index (χ1) is 11.8. The number of hydrogen-bond acceptors (Lipinski definition) is 6. The Morgan fingerprint density at radius 1 is 0.920 bits per heavy atom. The number of nitrogens with one attached hydrogen (secondary N) is 1. The summed E-state index contributed by atoms with van der Waals surface area (Å²) in [6.07, 6.45) is 0. The van der Waals surface area contributed by atoms with Gasteiger partial charge in [-0.25, -0.2) is 13.2 Å². The van der Waals surface area contributed by atoms with Crippen molar-refractivity contribution in [1.29, 1.82) is 0 Å². The van der Waals surface area contributed by atoms with Crippen molar-refractivity contribution in [3.05, 3.63) is 42.0 Å². The highest BCUT2D eigenvalue weighted by atomic mass is 32.2. The largest absolute Gasteiger partial charge is 0.495 e. The van der Waals surface area contributed by atoms with Crippen molar-refractivity contribution in [2.45, 2.75) is 4.90 Å². The third-order valence-electron chi connectivity index (χ3n) is 3.36. The number of ether oxygens (including phenoxy) is 3. The van der Waals surface area contributed by atoms with Crippen LogP contribution in [0.2, 0.25) is 0 Å². The predicted octanol–water partition coefficient (Wildman–Crippen LogP) is 2.21. The molecule has 2 N–H and O–H groups in total. The molecule has 2 rings (SSSR count). The van der Waals surface area contributed by atoms with Gasteiger partial charge in [0.25, 0.3) is 10.0 Å². The highest BCUT2D eigenvalue weighted by Crippen LogP contribution is 2.32. The molecule has 0 bridgehead atoms. The summed E-state index contributed by atoms with van der Waals surface area (Å²) in [5.41, 5.74) is -0.0667. The number of carbonyl (C=O) groups is 1. The molecule has 0 aliphatic heterocycles. The normalized spacial score (nSPS) is 10.8. The summed E-state index contributed by atoms with van der Waals surface area (Å²) in [5.74, 6) is -0.369. The van der Waals surface area contributed by atoms with Crippen molar-refractivity contribution in [3.63, 3.8) is 0 Å². The van der Waals surface area contributed by atoms with Crippen LogP contribution in [0, 0.1) is 0 Å². The fourth-order valence-corrected chi connectivity index (χ4v) is 3.18. The Kier molecular flexibility index (Phi) is 5.38. The van der Waals surface area contributed by atoms with E-state index in [1.807, 2.05) is 0 Å². The first kappa shape index (κ1) is 18.4. The van der Waals surface area contributed by atoms with Crippen LogP contribution in [-0.2, 0) is 10.0 Å². The molecule has 0 atom stereocenters. The fraction of sp³-hybridized carbons (Fsp3) is 0.188. The number of aromatic carboxylic acids is 1. The van der Waals surface area contributed by atoms with Crippen molar-refractivity contribution in [1.82, 2.24) is 0 Å². The van der Waals surface area contributed by atoms with Crippen LogP contribution >= 0.6 is 0 Å². The molecule has 8 nitrogen and oxygen atoms in total. The van der Waals surface area contributed by atoms with Crippen LogP contribution in [0.15, 0.2) is 41.3 Å². The Balaban J connectivity index is 2.45. The smallest absolute Gasteiger partial charge is 0.335 e. The first-order valence-corrected chi connectivity index (χ1v) is 8.47. The van der Waals surface area contributed by atoms with E-state index < -0.39 is 16.0 Å². The Labute approximate surface area is 145 Å². The van der Waals surface area contributed by atoms with Crippen LogP contribution in [0.5, 0.6) is 17.2 Å². The molecule has 0 aromatic heterocycles. The lowest BCUT2D eigenvalue weighted by Crippen LogP contribution is -2.14. The van der Waals surface area contributed by atoms with E-state index in [-0.39, 0.29) is 27.6 Å². The summed E-state index contributed by atoms with van der Waals surface area (Å²) in [4.78, 5) is 11.0. The second-order valence-corrected chi connectivity index (χ2v) is 6.52. The van der Waals surface area contributed by atoms with E-state index in [1.54, 1.807) is 0 Å². The van der Waals surface area contributed by atoms with E-state index in [0.717, 1.165) is 0 Å². The van der Waals surface area contributed by atoms with Gasteiger partial charge >= 0.3 is 5.97 Å².